The van der Waals surface area contributed by atoms with Gasteiger partial charge in [-0.15, -0.1) is 0 Å². The first-order valence-electron chi connectivity index (χ1n) is 9.21. The molecule has 1 amide bonds. The largest absolute Gasteiger partial charge is 0.444 e. The van der Waals surface area contributed by atoms with Crippen LogP contribution in [0.3, 0.4) is 0 Å². The zero-order chi connectivity index (χ0) is 20.4. The van der Waals surface area contributed by atoms with E-state index in [-0.39, 0.29) is 5.75 Å². The van der Waals surface area contributed by atoms with Crippen molar-refractivity contribution in [2.45, 2.75) is 70.8 Å². The van der Waals surface area contributed by atoms with Crippen LogP contribution in [0.2, 0.25) is 0 Å². The number of alkyl halides is 2. The standard InChI is InChI=1S/C20H30F2N2O3/c1-12(23-19(25)27-20(2,3)4)16-8-7-13(11-17(16)26-18(21)22)14-9-15(10-14)24(5)6/h7-8,11-12,14-15,18H,9-10H2,1-6H3,(H,23,25)/t12-,14?,15?/m0/s1. The van der Waals surface area contributed by atoms with Gasteiger partial charge in [-0.1, -0.05) is 12.1 Å². The molecule has 0 aromatic heterocycles. The van der Waals surface area contributed by atoms with Gasteiger partial charge >= 0.3 is 12.7 Å². The van der Waals surface area contributed by atoms with Crippen LogP contribution >= 0.6 is 0 Å². The van der Waals surface area contributed by atoms with Crippen molar-refractivity contribution in [3.05, 3.63) is 29.3 Å². The minimum Gasteiger partial charge on any atom is -0.444 e. The first-order chi connectivity index (χ1) is 12.5. The molecule has 0 saturated heterocycles. The first-order valence-corrected chi connectivity index (χ1v) is 9.21. The molecule has 1 atom stereocenters. The molecule has 1 saturated carbocycles. The number of hydrogen-bond acceptors (Lipinski definition) is 4. The van der Waals surface area contributed by atoms with Crippen LogP contribution in [0, 0.1) is 0 Å². The molecule has 0 heterocycles. The summed E-state index contributed by atoms with van der Waals surface area (Å²) in [6.07, 6.45) is 1.38. The van der Waals surface area contributed by atoms with Crippen molar-refractivity contribution in [3.8, 4) is 5.75 Å². The summed E-state index contributed by atoms with van der Waals surface area (Å²) in [4.78, 5) is 14.2. The summed E-state index contributed by atoms with van der Waals surface area (Å²) in [5.41, 5.74) is 0.841. The van der Waals surface area contributed by atoms with Crippen LogP contribution in [0.1, 0.15) is 63.6 Å². The molecule has 2 rings (SSSR count). The maximum Gasteiger partial charge on any atom is 0.408 e. The van der Waals surface area contributed by atoms with Crippen LogP contribution in [0.4, 0.5) is 13.6 Å². The SMILES string of the molecule is C[C@H](NC(=O)OC(C)(C)C)c1ccc(C2CC(N(C)C)C2)cc1OC(F)F. The summed E-state index contributed by atoms with van der Waals surface area (Å²) in [7, 11) is 4.08. The lowest BCUT2D eigenvalue weighted by atomic mass is 9.75. The van der Waals surface area contributed by atoms with Crippen molar-refractivity contribution in [1.82, 2.24) is 10.2 Å². The molecule has 0 spiro atoms. The lowest BCUT2D eigenvalue weighted by Crippen LogP contribution is -2.39. The number of carbonyl (C=O) groups excluding carboxylic acids is 1. The zero-order valence-electron chi connectivity index (χ0n) is 16.9. The summed E-state index contributed by atoms with van der Waals surface area (Å²) < 4.78 is 35.8. The number of benzene rings is 1. The average Bonchev–Trinajstić information content (AvgIpc) is 2.42. The Bertz CT molecular complexity index is 653. The molecule has 1 aromatic rings. The molecule has 0 radical (unpaired) electrons. The van der Waals surface area contributed by atoms with E-state index in [1.165, 1.54) is 0 Å². The second kappa shape index (κ2) is 8.42. The van der Waals surface area contributed by atoms with E-state index < -0.39 is 24.3 Å². The monoisotopic (exact) mass is 384 g/mol. The van der Waals surface area contributed by atoms with Crippen LogP contribution < -0.4 is 10.1 Å². The number of carbonyl (C=O) groups is 1. The Morgan fingerprint density at radius 1 is 1.26 bits per heavy atom. The molecule has 1 aliphatic rings. The molecule has 152 valence electrons. The number of amides is 1. The second-order valence-electron chi connectivity index (χ2n) is 8.33. The van der Waals surface area contributed by atoms with Crippen molar-refractivity contribution < 1.29 is 23.0 Å². The van der Waals surface area contributed by atoms with E-state index in [1.54, 1.807) is 39.8 Å². The van der Waals surface area contributed by atoms with Gasteiger partial charge in [0.2, 0.25) is 0 Å². The molecule has 0 aliphatic heterocycles. The fourth-order valence-corrected chi connectivity index (χ4v) is 3.20. The van der Waals surface area contributed by atoms with Gasteiger partial charge in [-0.25, -0.2) is 4.79 Å². The summed E-state index contributed by atoms with van der Waals surface area (Å²) in [5, 5.41) is 2.67. The van der Waals surface area contributed by atoms with E-state index in [0.29, 0.717) is 17.5 Å². The van der Waals surface area contributed by atoms with Crippen LogP contribution in [0.15, 0.2) is 18.2 Å². The van der Waals surface area contributed by atoms with Crippen LogP contribution in [-0.4, -0.2) is 43.3 Å². The first kappa shape index (κ1) is 21.4. The predicted molar refractivity (Wildman–Crippen MR) is 100 cm³/mol. The van der Waals surface area contributed by atoms with E-state index in [0.717, 1.165) is 18.4 Å². The molecule has 27 heavy (non-hydrogen) atoms. The second-order valence-corrected chi connectivity index (χ2v) is 8.33. The van der Waals surface area contributed by atoms with E-state index in [1.807, 2.05) is 20.2 Å². The summed E-state index contributed by atoms with van der Waals surface area (Å²) in [6.45, 7) is 4.07. The van der Waals surface area contributed by atoms with Crippen LogP contribution in [0.25, 0.3) is 0 Å². The third kappa shape index (κ3) is 6.06. The number of nitrogens with zero attached hydrogens (tertiary/aromatic N) is 1. The third-order valence-electron chi connectivity index (χ3n) is 4.77. The van der Waals surface area contributed by atoms with Crippen molar-refractivity contribution in [2.24, 2.45) is 0 Å². The Kier molecular flexibility index (Phi) is 6.68. The van der Waals surface area contributed by atoms with Gasteiger partial charge in [-0.2, -0.15) is 8.78 Å². The Morgan fingerprint density at radius 2 is 1.89 bits per heavy atom. The molecule has 1 aliphatic carbocycles. The average molecular weight is 384 g/mol. The topological polar surface area (TPSA) is 50.8 Å². The number of nitrogens with one attached hydrogen (secondary N) is 1. The Morgan fingerprint density at radius 3 is 2.41 bits per heavy atom. The smallest absolute Gasteiger partial charge is 0.408 e. The number of rotatable bonds is 6. The van der Waals surface area contributed by atoms with Crippen molar-refractivity contribution in [2.75, 3.05) is 14.1 Å². The van der Waals surface area contributed by atoms with Crippen LogP contribution in [0.5, 0.6) is 5.75 Å². The fourth-order valence-electron chi connectivity index (χ4n) is 3.20. The number of halogens is 2. The van der Waals surface area contributed by atoms with Gasteiger partial charge in [0.05, 0.1) is 6.04 Å². The van der Waals surface area contributed by atoms with Crippen molar-refractivity contribution in [3.63, 3.8) is 0 Å². The van der Waals surface area contributed by atoms with Gasteiger partial charge in [0.15, 0.2) is 0 Å². The molecule has 5 nitrogen and oxygen atoms in total. The predicted octanol–water partition coefficient (Wildman–Crippen LogP) is 4.68. The number of ether oxygens (including phenoxy) is 2. The Balaban J connectivity index is 2.14. The quantitative estimate of drug-likeness (QED) is 0.774. The van der Waals surface area contributed by atoms with Gasteiger partial charge in [0, 0.05) is 11.6 Å². The van der Waals surface area contributed by atoms with E-state index in [9.17, 15) is 13.6 Å². The molecule has 7 heteroatoms. The molecule has 0 unspecified atom stereocenters. The highest BCUT2D eigenvalue weighted by Gasteiger charge is 2.32. The van der Waals surface area contributed by atoms with Gasteiger partial charge in [-0.05, 0) is 72.2 Å². The normalized spacial score (nSPS) is 21.0. The highest BCUT2D eigenvalue weighted by molar-refractivity contribution is 5.68. The van der Waals surface area contributed by atoms with Crippen molar-refractivity contribution >= 4 is 6.09 Å². The number of alkyl carbamates (subject to hydrolysis) is 1. The highest BCUT2D eigenvalue weighted by Crippen LogP contribution is 2.41. The molecular formula is C20H30F2N2O3. The molecule has 0 bridgehead atoms. The summed E-state index contributed by atoms with van der Waals surface area (Å²) >= 11 is 0. The molecule has 1 fully saturated rings. The van der Waals surface area contributed by atoms with Gasteiger partial charge < -0.3 is 19.7 Å². The van der Waals surface area contributed by atoms with Gasteiger partial charge in [0.25, 0.3) is 0 Å². The fraction of sp³-hybridized carbons (Fsp3) is 0.650. The van der Waals surface area contributed by atoms with Gasteiger partial charge in [0.1, 0.15) is 11.4 Å². The summed E-state index contributed by atoms with van der Waals surface area (Å²) in [6, 6.07) is 5.33. The minimum absolute atomic E-state index is 0.0966. The highest BCUT2D eigenvalue weighted by atomic mass is 19.3. The minimum atomic E-state index is -2.93. The van der Waals surface area contributed by atoms with E-state index in [4.69, 9.17) is 9.47 Å². The maximum atomic E-state index is 12.9. The van der Waals surface area contributed by atoms with E-state index in [2.05, 4.69) is 10.2 Å². The zero-order valence-corrected chi connectivity index (χ0v) is 16.9. The van der Waals surface area contributed by atoms with Crippen LogP contribution in [-0.2, 0) is 4.74 Å². The Labute approximate surface area is 160 Å². The summed E-state index contributed by atoms with van der Waals surface area (Å²) in [5.74, 6) is 0.431. The lowest BCUT2D eigenvalue weighted by Gasteiger charge is -2.40. The van der Waals surface area contributed by atoms with Crippen molar-refractivity contribution in [1.29, 1.82) is 0 Å². The third-order valence-corrected chi connectivity index (χ3v) is 4.77. The Hall–Kier alpha value is -1.89. The maximum absolute atomic E-state index is 12.9. The molecule has 1 aromatic carbocycles. The lowest BCUT2D eigenvalue weighted by molar-refractivity contribution is -0.0507. The number of hydrogen-bond donors (Lipinski definition) is 1. The molecular weight excluding hydrogens is 354 g/mol. The van der Waals surface area contributed by atoms with Gasteiger partial charge in [-0.3, -0.25) is 0 Å². The molecule has 1 N–H and O–H groups in total. The van der Waals surface area contributed by atoms with E-state index >= 15 is 0 Å².